The van der Waals surface area contributed by atoms with Gasteiger partial charge in [-0.25, -0.2) is 9.37 Å². The van der Waals surface area contributed by atoms with Crippen LogP contribution in [0.15, 0.2) is 12.3 Å². The summed E-state index contributed by atoms with van der Waals surface area (Å²) in [6, 6.07) is 1.17. The number of hydrogen-bond donors (Lipinski definition) is 1. The number of rotatable bonds is 2. The highest BCUT2D eigenvalue weighted by Gasteiger charge is 2.00. The van der Waals surface area contributed by atoms with Crippen molar-refractivity contribution in [2.24, 2.45) is 0 Å². The van der Waals surface area contributed by atoms with Crippen LogP contribution in [0.25, 0.3) is 0 Å². The minimum Gasteiger partial charge on any atom is -0.465 e. The van der Waals surface area contributed by atoms with Crippen LogP contribution in [0.3, 0.4) is 0 Å². The Morgan fingerprint density at radius 2 is 2.44 bits per heavy atom. The van der Waals surface area contributed by atoms with Crippen LogP contribution in [0.1, 0.15) is 18.9 Å². The van der Waals surface area contributed by atoms with E-state index in [2.05, 4.69) is 21.6 Å². The fourth-order valence-electron chi connectivity index (χ4n) is 0.974. The van der Waals surface area contributed by atoms with Crippen LogP contribution >= 0.6 is 0 Å². The van der Waals surface area contributed by atoms with Crippen molar-refractivity contribution in [2.75, 3.05) is 12.3 Å². The zero-order valence-electron chi connectivity index (χ0n) is 8.79. The summed E-state index contributed by atoms with van der Waals surface area (Å²) in [5, 5.41) is 0. The van der Waals surface area contributed by atoms with Crippen molar-refractivity contribution in [1.82, 2.24) is 4.98 Å². The molecule has 0 aliphatic carbocycles. The summed E-state index contributed by atoms with van der Waals surface area (Å²) >= 11 is 0. The van der Waals surface area contributed by atoms with Crippen molar-refractivity contribution in [1.29, 1.82) is 0 Å². The number of carbonyl (C=O) groups excluding carboxylic acids is 1. The first-order chi connectivity index (χ1) is 7.63. The molecule has 5 heteroatoms. The van der Waals surface area contributed by atoms with Gasteiger partial charge in [-0.05, 0) is 13.0 Å². The summed E-state index contributed by atoms with van der Waals surface area (Å²) < 4.78 is 17.4. The molecule has 84 valence electrons. The molecule has 0 aromatic carbocycles. The van der Waals surface area contributed by atoms with E-state index in [9.17, 15) is 9.18 Å². The molecule has 1 aromatic rings. The molecule has 0 aliphatic rings. The van der Waals surface area contributed by atoms with E-state index in [-0.39, 0.29) is 17.8 Å². The van der Waals surface area contributed by atoms with Crippen LogP contribution in [-0.2, 0) is 9.53 Å². The lowest BCUT2D eigenvalue weighted by Gasteiger charge is -1.96. The van der Waals surface area contributed by atoms with Crippen LogP contribution in [0, 0.1) is 17.7 Å². The third-order valence-corrected chi connectivity index (χ3v) is 1.65. The number of halogens is 1. The number of ether oxygens (including phenoxy) is 1. The monoisotopic (exact) mass is 222 g/mol. The quantitative estimate of drug-likeness (QED) is 0.601. The maximum atomic E-state index is 12.8. The number of carbonyl (C=O) groups is 1. The van der Waals surface area contributed by atoms with Crippen molar-refractivity contribution in [3.63, 3.8) is 0 Å². The molecule has 1 aromatic heterocycles. The van der Waals surface area contributed by atoms with Gasteiger partial charge in [0.05, 0.1) is 18.4 Å². The second kappa shape index (κ2) is 5.71. The Kier molecular flexibility index (Phi) is 4.28. The summed E-state index contributed by atoms with van der Waals surface area (Å²) in [5.74, 6) is 4.31. The molecule has 2 N–H and O–H groups in total. The van der Waals surface area contributed by atoms with Crippen molar-refractivity contribution in [3.8, 4) is 11.8 Å². The van der Waals surface area contributed by atoms with Crippen molar-refractivity contribution in [3.05, 3.63) is 23.6 Å². The molecule has 4 nitrogen and oxygen atoms in total. The van der Waals surface area contributed by atoms with E-state index in [1.807, 2.05) is 0 Å². The molecule has 0 fully saturated rings. The SMILES string of the molecule is CCOC(=O)CC#Cc1cc(F)cnc1N. The molecule has 0 saturated carbocycles. The smallest absolute Gasteiger partial charge is 0.317 e. The van der Waals surface area contributed by atoms with Gasteiger partial charge in [0.1, 0.15) is 18.1 Å². The number of anilines is 1. The van der Waals surface area contributed by atoms with Crippen LogP contribution in [0.4, 0.5) is 10.2 Å². The Morgan fingerprint density at radius 1 is 1.69 bits per heavy atom. The molecule has 0 saturated heterocycles. The first-order valence-electron chi connectivity index (χ1n) is 4.69. The Bertz CT molecular complexity index is 449. The Hall–Kier alpha value is -2.09. The number of nitrogens with zero attached hydrogens (tertiary/aromatic N) is 1. The normalized spacial score (nSPS) is 9.12. The molecular weight excluding hydrogens is 211 g/mol. The first-order valence-corrected chi connectivity index (χ1v) is 4.69. The van der Waals surface area contributed by atoms with Crippen LogP contribution in [-0.4, -0.2) is 17.6 Å². The summed E-state index contributed by atoms with van der Waals surface area (Å²) in [4.78, 5) is 14.5. The van der Waals surface area contributed by atoms with E-state index < -0.39 is 11.8 Å². The average Bonchev–Trinajstić information content (AvgIpc) is 2.23. The maximum absolute atomic E-state index is 12.8. The molecule has 16 heavy (non-hydrogen) atoms. The largest absolute Gasteiger partial charge is 0.465 e. The second-order valence-electron chi connectivity index (χ2n) is 2.87. The van der Waals surface area contributed by atoms with Gasteiger partial charge in [-0.2, -0.15) is 0 Å². The van der Waals surface area contributed by atoms with E-state index in [1.54, 1.807) is 6.92 Å². The van der Waals surface area contributed by atoms with Gasteiger partial charge >= 0.3 is 5.97 Å². The number of hydrogen-bond acceptors (Lipinski definition) is 4. The molecule has 0 bridgehead atoms. The van der Waals surface area contributed by atoms with Crippen LogP contribution in [0.2, 0.25) is 0 Å². The molecule has 1 rings (SSSR count). The van der Waals surface area contributed by atoms with E-state index in [4.69, 9.17) is 5.73 Å². The third-order valence-electron chi connectivity index (χ3n) is 1.65. The first kappa shape index (κ1) is 12.0. The third kappa shape index (κ3) is 3.58. The highest BCUT2D eigenvalue weighted by atomic mass is 19.1. The fourth-order valence-corrected chi connectivity index (χ4v) is 0.974. The molecule has 1 heterocycles. The Balaban J connectivity index is 2.69. The highest BCUT2D eigenvalue weighted by molar-refractivity contribution is 5.72. The molecular formula is C11H11FN2O2. The van der Waals surface area contributed by atoms with Gasteiger partial charge in [-0.3, -0.25) is 4.79 Å². The molecule has 0 atom stereocenters. The van der Waals surface area contributed by atoms with Crippen LogP contribution < -0.4 is 5.73 Å². The summed E-state index contributed by atoms with van der Waals surface area (Å²) in [6.07, 6.45) is 0.954. The summed E-state index contributed by atoms with van der Waals surface area (Å²) in [7, 11) is 0. The zero-order chi connectivity index (χ0) is 12.0. The van der Waals surface area contributed by atoms with Crippen LogP contribution in [0.5, 0.6) is 0 Å². The summed E-state index contributed by atoms with van der Waals surface area (Å²) in [6.45, 7) is 2.02. The molecule has 0 amide bonds. The van der Waals surface area contributed by atoms with Gasteiger partial charge in [0.15, 0.2) is 0 Å². The van der Waals surface area contributed by atoms with Gasteiger partial charge in [0.2, 0.25) is 0 Å². The average molecular weight is 222 g/mol. The highest BCUT2D eigenvalue weighted by Crippen LogP contribution is 2.07. The van der Waals surface area contributed by atoms with E-state index >= 15 is 0 Å². The van der Waals surface area contributed by atoms with Crippen molar-refractivity contribution < 1.29 is 13.9 Å². The predicted molar refractivity (Wildman–Crippen MR) is 56.7 cm³/mol. The number of pyridine rings is 1. The lowest BCUT2D eigenvalue weighted by atomic mass is 10.2. The number of nitrogens with two attached hydrogens (primary N) is 1. The molecule has 0 radical (unpaired) electrons. The Labute approximate surface area is 92.6 Å². The number of esters is 1. The van der Waals surface area contributed by atoms with Gasteiger partial charge < -0.3 is 10.5 Å². The number of nitrogen functional groups attached to an aromatic ring is 1. The minimum atomic E-state index is -0.519. The summed E-state index contributed by atoms with van der Waals surface area (Å²) in [5.41, 5.74) is 5.74. The second-order valence-corrected chi connectivity index (χ2v) is 2.87. The molecule has 0 aliphatic heterocycles. The van der Waals surface area contributed by atoms with Gasteiger partial charge in [-0.1, -0.05) is 11.8 Å². The standard InChI is InChI=1S/C11H11FN2O2/c1-2-16-10(15)5-3-4-8-6-9(12)7-14-11(8)13/h6-7H,2,5H2,1H3,(H2,13,14). The zero-order valence-corrected chi connectivity index (χ0v) is 8.79. The predicted octanol–water partition coefficient (Wildman–Crippen LogP) is 1.11. The maximum Gasteiger partial charge on any atom is 0.317 e. The fraction of sp³-hybridized carbons (Fsp3) is 0.273. The number of aromatic nitrogens is 1. The lowest BCUT2D eigenvalue weighted by molar-refractivity contribution is -0.141. The molecule has 0 unspecified atom stereocenters. The van der Waals surface area contributed by atoms with Gasteiger partial charge in [0, 0.05) is 0 Å². The van der Waals surface area contributed by atoms with Crippen molar-refractivity contribution in [2.45, 2.75) is 13.3 Å². The van der Waals surface area contributed by atoms with E-state index in [1.165, 1.54) is 6.07 Å². The van der Waals surface area contributed by atoms with Gasteiger partial charge in [-0.15, -0.1) is 0 Å². The van der Waals surface area contributed by atoms with E-state index in [0.29, 0.717) is 6.61 Å². The Morgan fingerprint density at radius 3 is 3.12 bits per heavy atom. The molecule has 0 spiro atoms. The van der Waals surface area contributed by atoms with Gasteiger partial charge in [0.25, 0.3) is 0 Å². The minimum absolute atomic E-state index is 0.0518. The van der Waals surface area contributed by atoms with E-state index in [0.717, 1.165) is 6.20 Å². The van der Waals surface area contributed by atoms with Crippen molar-refractivity contribution >= 4 is 11.8 Å². The lowest BCUT2D eigenvalue weighted by Crippen LogP contribution is -2.02. The topological polar surface area (TPSA) is 65.2 Å².